The van der Waals surface area contributed by atoms with Crippen molar-refractivity contribution in [1.29, 1.82) is 0 Å². The van der Waals surface area contributed by atoms with E-state index in [0.717, 1.165) is 35.9 Å². The van der Waals surface area contributed by atoms with Crippen molar-refractivity contribution in [2.75, 3.05) is 30.6 Å². The zero-order valence-corrected chi connectivity index (χ0v) is 33.7. The van der Waals surface area contributed by atoms with Crippen LogP contribution in [-0.4, -0.2) is 30.6 Å². The molecule has 0 saturated heterocycles. The van der Waals surface area contributed by atoms with Gasteiger partial charge in [0.2, 0.25) is 0 Å². The van der Waals surface area contributed by atoms with Crippen molar-refractivity contribution in [1.82, 2.24) is 0 Å². The molecule has 0 aliphatic rings. The molecule has 1 nitrogen and oxygen atoms in total. The molecule has 6 heteroatoms. The zero-order valence-electron chi connectivity index (χ0n) is 27.5. The van der Waals surface area contributed by atoms with E-state index in [1.54, 1.807) is 0 Å². The summed E-state index contributed by atoms with van der Waals surface area (Å²) in [6, 6.07) is 65.5. The molecule has 0 saturated carbocycles. The van der Waals surface area contributed by atoms with E-state index >= 15 is 4.57 Å². The van der Waals surface area contributed by atoms with Gasteiger partial charge in [-0.2, -0.15) is 0 Å². The van der Waals surface area contributed by atoms with E-state index in [1.807, 2.05) is 0 Å². The van der Waals surface area contributed by atoms with E-state index in [0.29, 0.717) is 0 Å². The fourth-order valence-electron chi connectivity index (χ4n) is 6.33. The average Bonchev–Trinajstić information content (AvgIpc) is 3.14. The first kappa shape index (κ1) is 38.3. The molecule has 0 fully saturated rings. The second kappa shape index (κ2) is 19.6. The molecule has 0 N–H and O–H groups in total. The summed E-state index contributed by atoms with van der Waals surface area (Å²) in [7, 11) is -5.91. The second-order valence-electron chi connectivity index (χ2n) is 11.7. The van der Waals surface area contributed by atoms with Crippen molar-refractivity contribution in [2.45, 2.75) is 0 Å². The minimum absolute atomic E-state index is 0. The standard InChI is InChI=1S/C41H40OP4.CH3.Pt/c42-46(41-29-17-6-18-30-41,34-33-45(39-25-13-4-14-26-39)40-27-15-5-16-28-40)35-43(36-19-7-1-8-20-36)31-32-44(37-21-9-2-10-22-37)38-23-11-3-12-24-38;;/h1-30H,31-35H2;1H3;/q;-1;+2/p+3. The summed E-state index contributed by atoms with van der Waals surface area (Å²) < 4.78 is 15.6. The summed E-state index contributed by atoms with van der Waals surface area (Å²) in [6.07, 6.45) is 3.95. The molecular weight excluding hydrogens is 839 g/mol. The maximum atomic E-state index is 15.6. The Labute approximate surface area is 306 Å². The number of benzene rings is 6. The molecule has 0 spiro atoms. The summed E-state index contributed by atoms with van der Waals surface area (Å²) in [5.41, 5.74) is 0. The van der Waals surface area contributed by atoms with Crippen LogP contribution in [0.1, 0.15) is 0 Å². The molecule has 0 aliphatic heterocycles. The first-order valence-corrected chi connectivity index (χ1v) is 23.6. The summed E-state index contributed by atoms with van der Waals surface area (Å²) in [6.45, 7) is 0. The third kappa shape index (κ3) is 10.3. The first-order valence-electron chi connectivity index (χ1n) is 16.2. The van der Waals surface area contributed by atoms with Crippen LogP contribution in [-0.2, 0) is 25.6 Å². The average molecular weight is 886 g/mol. The van der Waals surface area contributed by atoms with Gasteiger partial charge in [-0.25, -0.2) is 0 Å². The number of hydrogen-bond acceptors (Lipinski definition) is 1. The Bertz CT molecular complexity index is 1710. The van der Waals surface area contributed by atoms with Crippen LogP contribution in [0.25, 0.3) is 0 Å². The molecule has 48 heavy (non-hydrogen) atoms. The van der Waals surface area contributed by atoms with Crippen LogP contribution < -0.4 is 31.8 Å². The van der Waals surface area contributed by atoms with E-state index in [9.17, 15) is 0 Å². The maximum Gasteiger partial charge on any atom is 2.00 e. The molecule has 0 amide bonds. The van der Waals surface area contributed by atoms with Gasteiger partial charge in [0.15, 0.2) is 7.14 Å². The van der Waals surface area contributed by atoms with Gasteiger partial charge in [-0.1, -0.05) is 121 Å². The van der Waals surface area contributed by atoms with Crippen molar-refractivity contribution in [3.05, 3.63) is 189 Å². The van der Waals surface area contributed by atoms with Crippen molar-refractivity contribution >= 4 is 62.7 Å². The fraction of sp³-hybridized carbons (Fsp3) is 0.119. The zero-order chi connectivity index (χ0) is 31.4. The Balaban J connectivity index is 0.00000260. The van der Waals surface area contributed by atoms with Gasteiger partial charge >= 0.3 is 21.1 Å². The van der Waals surface area contributed by atoms with Gasteiger partial charge in [0, 0.05) is 19.4 Å². The summed E-state index contributed by atoms with van der Waals surface area (Å²) >= 11 is 0. The van der Waals surface area contributed by atoms with Crippen molar-refractivity contribution in [3.63, 3.8) is 0 Å². The maximum absolute atomic E-state index is 15.6. The predicted molar refractivity (Wildman–Crippen MR) is 220 cm³/mol. The van der Waals surface area contributed by atoms with Gasteiger partial charge in [-0.05, 0) is 60.7 Å². The fourth-order valence-corrected chi connectivity index (χ4v) is 22.2. The summed E-state index contributed by atoms with van der Waals surface area (Å²) in [5.74, 6) is 0.795. The van der Waals surface area contributed by atoms with E-state index in [2.05, 4.69) is 182 Å². The molecule has 6 rings (SSSR count). The topological polar surface area (TPSA) is 17.1 Å². The Hall–Kier alpha value is -2.47. The minimum Gasteiger partial charge on any atom is -0.358 e. The molecule has 0 aliphatic carbocycles. The van der Waals surface area contributed by atoms with E-state index in [4.69, 9.17) is 0 Å². The SMILES string of the molecule is O=P(CC[PH+](c1ccccc1)c1ccccc1)(C[PH+](CC[PH+](c1ccccc1)c1ccccc1)c1ccccc1)c1ccccc1.[CH3-].[Pt+2]. The number of hydrogen-bond donors (Lipinski definition) is 0. The first-order chi connectivity index (χ1) is 22.7. The summed E-state index contributed by atoms with van der Waals surface area (Å²) in [4.78, 5) is 0. The van der Waals surface area contributed by atoms with Crippen LogP contribution in [0.5, 0.6) is 0 Å². The molecular formula is C42H46OP4Pt+4. The molecule has 0 heterocycles. The van der Waals surface area contributed by atoms with Crippen LogP contribution in [0.2, 0.25) is 0 Å². The Morgan fingerprint density at radius 3 is 1.08 bits per heavy atom. The van der Waals surface area contributed by atoms with Crippen LogP contribution >= 0.6 is 30.9 Å². The van der Waals surface area contributed by atoms with Crippen molar-refractivity contribution < 1.29 is 25.6 Å². The van der Waals surface area contributed by atoms with Gasteiger partial charge < -0.3 is 12.0 Å². The normalized spacial score (nSPS) is 12.8. The molecule has 6 aromatic carbocycles. The van der Waals surface area contributed by atoms with Crippen molar-refractivity contribution in [2.24, 2.45) is 0 Å². The smallest absolute Gasteiger partial charge is 0.358 e. The summed E-state index contributed by atoms with van der Waals surface area (Å²) in [5, 5.41) is 8.15. The molecule has 2 atom stereocenters. The minimum atomic E-state index is -2.71. The van der Waals surface area contributed by atoms with Crippen LogP contribution in [0.4, 0.5) is 0 Å². The Morgan fingerprint density at radius 1 is 0.396 bits per heavy atom. The van der Waals surface area contributed by atoms with E-state index in [1.165, 1.54) is 26.5 Å². The van der Waals surface area contributed by atoms with Gasteiger partial charge in [0.25, 0.3) is 0 Å². The van der Waals surface area contributed by atoms with Crippen molar-refractivity contribution in [3.8, 4) is 0 Å². The third-order valence-corrected chi connectivity index (χ3v) is 23.0. The monoisotopic (exact) mass is 885 g/mol. The molecule has 0 bridgehead atoms. The van der Waals surface area contributed by atoms with Gasteiger partial charge in [0.05, 0.1) is 54.7 Å². The van der Waals surface area contributed by atoms with Crippen LogP contribution in [0.15, 0.2) is 182 Å². The predicted octanol–water partition coefficient (Wildman–Crippen LogP) is 8.35. The quantitative estimate of drug-likeness (QED) is 0.0795. The molecule has 0 aromatic heterocycles. The second-order valence-corrected chi connectivity index (χ2v) is 23.3. The third-order valence-electron chi connectivity index (χ3n) is 8.74. The van der Waals surface area contributed by atoms with Gasteiger partial charge in [-0.15, -0.1) is 0 Å². The van der Waals surface area contributed by atoms with Crippen LogP contribution in [0, 0.1) is 7.43 Å². The largest absolute Gasteiger partial charge is 2.00 e. The Morgan fingerprint density at radius 2 is 0.708 bits per heavy atom. The van der Waals surface area contributed by atoms with E-state index < -0.39 is 30.9 Å². The van der Waals surface area contributed by atoms with Gasteiger partial charge in [-0.3, -0.25) is 0 Å². The number of rotatable bonds is 14. The van der Waals surface area contributed by atoms with E-state index in [-0.39, 0.29) is 28.5 Å². The van der Waals surface area contributed by atoms with Gasteiger partial charge in [0.1, 0.15) is 12.1 Å². The molecule has 0 radical (unpaired) electrons. The van der Waals surface area contributed by atoms with Crippen LogP contribution in [0.3, 0.4) is 0 Å². The molecule has 6 aromatic rings. The Kier molecular flexibility index (Phi) is 15.7. The molecule has 2 unspecified atom stereocenters. The molecule has 246 valence electrons.